The van der Waals surface area contributed by atoms with Crippen molar-refractivity contribution < 1.29 is 4.74 Å². The van der Waals surface area contributed by atoms with E-state index in [2.05, 4.69) is 37.2 Å². The average Bonchev–Trinajstić information content (AvgIpc) is 3.46. The minimum Gasteiger partial charge on any atom is -0.494 e. The minimum atomic E-state index is 0.555. The molecule has 0 spiro atoms. The van der Waals surface area contributed by atoms with Crippen LogP contribution in [0.3, 0.4) is 0 Å². The number of fused-ring (bicyclic) bond motifs is 2. The summed E-state index contributed by atoms with van der Waals surface area (Å²) >= 11 is 0. The molecular formula is C22H23N7O. The van der Waals surface area contributed by atoms with Crippen LogP contribution in [0.5, 0.6) is 5.75 Å². The number of hydrogen-bond donors (Lipinski definition) is 3. The van der Waals surface area contributed by atoms with Gasteiger partial charge >= 0.3 is 0 Å². The summed E-state index contributed by atoms with van der Waals surface area (Å²) in [5.41, 5.74) is 10.4. The lowest BCUT2D eigenvalue weighted by molar-refractivity contribution is 0.288. The molecule has 0 amide bonds. The molecule has 2 aromatic heterocycles. The van der Waals surface area contributed by atoms with Gasteiger partial charge in [0.1, 0.15) is 22.9 Å². The van der Waals surface area contributed by atoms with Crippen molar-refractivity contribution in [3.05, 3.63) is 59.9 Å². The van der Waals surface area contributed by atoms with Gasteiger partial charge in [-0.2, -0.15) is 5.10 Å². The fraction of sp³-hybridized carbons (Fsp3) is 0.227. The Morgan fingerprint density at radius 3 is 2.83 bits per heavy atom. The summed E-state index contributed by atoms with van der Waals surface area (Å²) in [7, 11) is 1.63. The molecule has 4 N–H and O–H groups in total. The van der Waals surface area contributed by atoms with Crippen LogP contribution in [-0.2, 0) is 13.1 Å². The lowest BCUT2D eigenvalue weighted by Crippen LogP contribution is -2.24. The molecule has 2 aromatic carbocycles. The number of amidine groups is 1. The number of aromatic nitrogens is 4. The molecule has 1 aliphatic heterocycles. The standard InChI is InChI=1S/C22H23N7O/c1-30-18-9-5-8-15-20(18)27-28-22(15)26-19(23)10-11-29-12-16-17(13-29)25-21(24-16)14-6-3-2-4-7-14/h2-9H,10-13H2,1H3,(H,24,25)(H3,23,26,27,28). The Morgan fingerprint density at radius 1 is 1.17 bits per heavy atom. The van der Waals surface area contributed by atoms with Crippen LogP contribution < -0.4 is 10.5 Å². The van der Waals surface area contributed by atoms with Crippen LogP contribution in [0.2, 0.25) is 0 Å². The Bertz CT molecular complexity index is 1190. The van der Waals surface area contributed by atoms with E-state index in [-0.39, 0.29) is 0 Å². The van der Waals surface area contributed by atoms with Crippen molar-refractivity contribution in [2.45, 2.75) is 19.5 Å². The lowest BCUT2D eigenvalue weighted by atomic mass is 10.2. The van der Waals surface area contributed by atoms with Crippen LogP contribution >= 0.6 is 0 Å². The average molecular weight is 401 g/mol. The molecular weight excluding hydrogens is 378 g/mol. The zero-order valence-electron chi connectivity index (χ0n) is 16.7. The number of methoxy groups -OCH3 is 1. The SMILES string of the molecule is COc1cccc2c(N=C(N)CCN3Cc4nc(-c5ccccc5)[nH]c4C3)n[nH]c12. The number of imidazole rings is 1. The van der Waals surface area contributed by atoms with E-state index in [1.54, 1.807) is 7.11 Å². The Balaban J connectivity index is 1.23. The number of H-pyrrole nitrogens is 2. The number of ether oxygens (including phenoxy) is 1. The van der Waals surface area contributed by atoms with Gasteiger partial charge < -0.3 is 15.5 Å². The quantitative estimate of drug-likeness (QED) is 0.339. The van der Waals surface area contributed by atoms with E-state index in [0.717, 1.165) is 53.4 Å². The molecule has 3 heterocycles. The molecule has 0 atom stereocenters. The summed E-state index contributed by atoms with van der Waals surface area (Å²) in [5, 5.41) is 8.16. The van der Waals surface area contributed by atoms with Gasteiger partial charge in [0.2, 0.25) is 0 Å². The first kappa shape index (κ1) is 18.4. The van der Waals surface area contributed by atoms with Gasteiger partial charge in [-0.1, -0.05) is 36.4 Å². The van der Waals surface area contributed by atoms with Crippen molar-refractivity contribution in [3.63, 3.8) is 0 Å². The molecule has 0 fully saturated rings. The van der Waals surface area contributed by atoms with Crippen molar-refractivity contribution in [2.24, 2.45) is 10.7 Å². The molecule has 1 aliphatic rings. The van der Waals surface area contributed by atoms with Crippen molar-refractivity contribution >= 4 is 22.6 Å². The maximum absolute atomic E-state index is 6.20. The van der Waals surface area contributed by atoms with Crippen LogP contribution in [0.4, 0.5) is 5.82 Å². The fourth-order valence-electron chi connectivity index (χ4n) is 3.81. The third-order valence-electron chi connectivity index (χ3n) is 5.36. The molecule has 30 heavy (non-hydrogen) atoms. The summed E-state index contributed by atoms with van der Waals surface area (Å²) in [4.78, 5) is 15.1. The van der Waals surface area contributed by atoms with E-state index < -0.39 is 0 Å². The highest BCUT2D eigenvalue weighted by molar-refractivity contribution is 5.95. The first-order valence-corrected chi connectivity index (χ1v) is 9.91. The molecule has 0 aliphatic carbocycles. The molecule has 8 heteroatoms. The highest BCUT2D eigenvalue weighted by atomic mass is 16.5. The molecule has 8 nitrogen and oxygen atoms in total. The van der Waals surface area contributed by atoms with E-state index in [1.807, 2.05) is 36.4 Å². The first-order valence-electron chi connectivity index (χ1n) is 9.91. The van der Waals surface area contributed by atoms with Gasteiger partial charge in [0.05, 0.1) is 18.5 Å². The maximum atomic E-state index is 6.20. The van der Waals surface area contributed by atoms with Gasteiger partial charge in [-0.3, -0.25) is 10.00 Å². The topological polar surface area (TPSA) is 108 Å². The van der Waals surface area contributed by atoms with Crippen LogP contribution in [0.25, 0.3) is 22.3 Å². The number of para-hydroxylation sites is 1. The monoisotopic (exact) mass is 401 g/mol. The number of aromatic amines is 2. The summed E-state index contributed by atoms with van der Waals surface area (Å²) in [6, 6.07) is 15.9. The fourth-order valence-corrected chi connectivity index (χ4v) is 3.81. The molecule has 0 saturated carbocycles. The van der Waals surface area contributed by atoms with Gasteiger partial charge in [0.25, 0.3) is 0 Å². The van der Waals surface area contributed by atoms with E-state index in [1.165, 1.54) is 5.69 Å². The minimum absolute atomic E-state index is 0.555. The molecule has 0 unspecified atom stereocenters. The second kappa shape index (κ2) is 7.64. The zero-order chi connectivity index (χ0) is 20.5. The lowest BCUT2D eigenvalue weighted by Gasteiger charge is -2.14. The van der Waals surface area contributed by atoms with E-state index in [4.69, 9.17) is 15.5 Å². The van der Waals surface area contributed by atoms with E-state index >= 15 is 0 Å². The highest BCUT2D eigenvalue weighted by Gasteiger charge is 2.23. The smallest absolute Gasteiger partial charge is 0.183 e. The maximum Gasteiger partial charge on any atom is 0.183 e. The number of benzene rings is 2. The zero-order valence-corrected chi connectivity index (χ0v) is 16.7. The molecule has 0 radical (unpaired) electrons. The number of aliphatic imine (C=N–C) groups is 1. The van der Waals surface area contributed by atoms with Crippen molar-refractivity contribution in [3.8, 4) is 17.1 Å². The first-order chi connectivity index (χ1) is 14.7. The van der Waals surface area contributed by atoms with Crippen LogP contribution in [-0.4, -0.2) is 44.6 Å². The van der Waals surface area contributed by atoms with E-state index in [0.29, 0.717) is 18.1 Å². The highest BCUT2D eigenvalue weighted by Crippen LogP contribution is 2.30. The van der Waals surface area contributed by atoms with Gasteiger partial charge in [0.15, 0.2) is 5.82 Å². The number of rotatable bonds is 6. The third-order valence-corrected chi connectivity index (χ3v) is 5.36. The molecule has 152 valence electrons. The largest absolute Gasteiger partial charge is 0.494 e. The summed E-state index contributed by atoms with van der Waals surface area (Å²) in [6.45, 7) is 2.46. The van der Waals surface area contributed by atoms with Gasteiger partial charge in [-0.15, -0.1) is 0 Å². The molecule has 4 aromatic rings. The molecule has 0 bridgehead atoms. The Hall–Kier alpha value is -3.65. The summed E-state index contributed by atoms with van der Waals surface area (Å²) < 4.78 is 5.35. The Kier molecular flexibility index (Phi) is 4.68. The second-order valence-corrected chi connectivity index (χ2v) is 7.37. The molecule has 0 saturated heterocycles. The Labute approximate surface area is 173 Å². The van der Waals surface area contributed by atoms with Crippen LogP contribution in [0.15, 0.2) is 53.5 Å². The second-order valence-electron chi connectivity index (χ2n) is 7.37. The van der Waals surface area contributed by atoms with Gasteiger partial charge in [0, 0.05) is 37.0 Å². The van der Waals surface area contributed by atoms with Crippen molar-refractivity contribution in [1.29, 1.82) is 0 Å². The number of nitrogens with one attached hydrogen (secondary N) is 2. The molecule has 5 rings (SSSR count). The van der Waals surface area contributed by atoms with E-state index in [9.17, 15) is 0 Å². The summed E-state index contributed by atoms with van der Waals surface area (Å²) in [5.74, 6) is 2.81. The van der Waals surface area contributed by atoms with Crippen LogP contribution in [0, 0.1) is 0 Å². The number of nitrogens with two attached hydrogens (primary N) is 1. The van der Waals surface area contributed by atoms with Crippen molar-refractivity contribution in [1.82, 2.24) is 25.1 Å². The third kappa shape index (κ3) is 3.42. The van der Waals surface area contributed by atoms with Crippen molar-refractivity contribution in [2.75, 3.05) is 13.7 Å². The Morgan fingerprint density at radius 2 is 2.03 bits per heavy atom. The van der Waals surface area contributed by atoms with Gasteiger partial charge in [-0.25, -0.2) is 9.98 Å². The predicted molar refractivity (Wildman–Crippen MR) is 117 cm³/mol. The normalized spacial score (nSPS) is 14.4. The number of nitrogens with zero attached hydrogens (tertiary/aromatic N) is 4. The van der Waals surface area contributed by atoms with Crippen LogP contribution in [0.1, 0.15) is 17.8 Å². The predicted octanol–water partition coefficient (Wildman–Crippen LogP) is 3.36. The van der Waals surface area contributed by atoms with Gasteiger partial charge in [-0.05, 0) is 12.1 Å². The summed E-state index contributed by atoms with van der Waals surface area (Å²) in [6.07, 6.45) is 0.661. The number of hydrogen-bond acceptors (Lipinski definition) is 5.